The lowest BCUT2D eigenvalue weighted by Crippen LogP contribution is -2.51. The molecule has 1 aliphatic heterocycles. The first-order valence-corrected chi connectivity index (χ1v) is 12.0. The Labute approximate surface area is 206 Å². The van der Waals surface area contributed by atoms with Gasteiger partial charge in [0.1, 0.15) is 0 Å². The molecule has 3 N–H and O–H groups in total. The molecular formula is C22H29N7OS2. The van der Waals surface area contributed by atoms with Crippen LogP contribution in [0.5, 0.6) is 0 Å². The van der Waals surface area contributed by atoms with E-state index in [4.69, 9.17) is 9.60 Å². The maximum Gasteiger partial charge on any atom is 0.254 e. The molecule has 3 aromatic rings. The highest BCUT2D eigenvalue weighted by molar-refractivity contribution is 7.98. The van der Waals surface area contributed by atoms with Crippen molar-refractivity contribution >= 4 is 50.3 Å². The van der Waals surface area contributed by atoms with Gasteiger partial charge in [0.15, 0.2) is 5.13 Å². The van der Waals surface area contributed by atoms with E-state index >= 15 is 0 Å². The lowest BCUT2D eigenvalue weighted by atomic mass is 10.1. The molecule has 0 aliphatic carbocycles. The van der Waals surface area contributed by atoms with Gasteiger partial charge in [-0.1, -0.05) is 18.3 Å². The molecule has 10 heteroatoms. The number of thiazole rings is 1. The average molecular weight is 479 g/mol. The molecule has 1 fully saturated rings. The van der Waals surface area contributed by atoms with E-state index in [2.05, 4.69) is 37.8 Å². The van der Waals surface area contributed by atoms with Gasteiger partial charge in [-0.25, -0.2) is 15.0 Å². The Morgan fingerprint density at radius 3 is 2.97 bits per heavy atom. The number of aromatic nitrogens is 3. The largest absolute Gasteiger partial charge is 0.361 e. The molecule has 170 valence electrons. The summed E-state index contributed by atoms with van der Waals surface area (Å²) in [7, 11) is 0. The van der Waals surface area contributed by atoms with Crippen molar-refractivity contribution in [3.05, 3.63) is 36.2 Å². The lowest BCUT2D eigenvalue weighted by Gasteiger charge is -2.31. The molecule has 1 amide bonds. The normalized spacial score (nSPS) is 27.6. The Balaban J connectivity index is 1.46. The molecule has 3 heterocycles. The van der Waals surface area contributed by atoms with E-state index in [0.717, 1.165) is 11.8 Å². The number of carbonyl (C=O) groups is 1. The van der Waals surface area contributed by atoms with E-state index in [1.54, 1.807) is 30.2 Å². The van der Waals surface area contributed by atoms with Gasteiger partial charge < -0.3 is 20.9 Å². The smallest absolute Gasteiger partial charge is 0.254 e. The Kier molecular flexibility index (Phi) is 5.04. The molecular weight excluding hydrogens is 442 g/mol. The number of fused-ring (bicyclic) bond motifs is 1. The van der Waals surface area contributed by atoms with Crippen LogP contribution in [0.15, 0.2) is 35.5 Å². The predicted molar refractivity (Wildman–Crippen MR) is 133 cm³/mol. The second kappa shape index (κ2) is 10.5. The minimum atomic E-state index is -3.07. The maximum absolute atomic E-state index is 13.4. The van der Waals surface area contributed by atoms with Crippen LogP contribution in [0.4, 0.5) is 11.1 Å². The topological polar surface area (TPSA) is 95.1 Å². The zero-order valence-electron chi connectivity index (χ0n) is 24.9. The van der Waals surface area contributed by atoms with Crippen LogP contribution in [0.1, 0.15) is 33.8 Å². The summed E-state index contributed by atoms with van der Waals surface area (Å²) >= 11 is 2.85. The van der Waals surface area contributed by atoms with Gasteiger partial charge in [0.05, 0.1) is 15.7 Å². The molecule has 2 aromatic heterocycles. The van der Waals surface area contributed by atoms with Crippen LogP contribution in [0, 0.1) is 5.92 Å². The maximum atomic E-state index is 13.4. The van der Waals surface area contributed by atoms with Crippen LogP contribution >= 0.6 is 23.1 Å². The minimum absolute atomic E-state index is 0.0380. The molecule has 1 saturated heterocycles. The number of carbonyl (C=O) groups excluding carboxylic acids is 1. The number of hydrogen-bond acceptors (Lipinski definition) is 9. The Bertz CT molecular complexity index is 1330. The number of rotatable bonds is 8. The number of piperazine rings is 1. The second-order valence-electron chi connectivity index (χ2n) is 7.25. The van der Waals surface area contributed by atoms with Crippen LogP contribution in [0.2, 0.25) is 0 Å². The van der Waals surface area contributed by atoms with E-state index < -0.39 is 31.4 Å². The van der Waals surface area contributed by atoms with Crippen LogP contribution in [0.3, 0.4) is 0 Å². The van der Waals surface area contributed by atoms with Crippen molar-refractivity contribution < 1.29 is 14.4 Å². The highest BCUT2D eigenvalue weighted by Gasteiger charge is 2.22. The van der Waals surface area contributed by atoms with Gasteiger partial charge >= 0.3 is 0 Å². The molecule has 4 rings (SSSR count). The number of anilines is 2. The summed E-state index contributed by atoms with van der Waals surface area (Å²) in [5.74, 6) is -0.315. The molecule has 8 nitrogen and oxygen atoms in total. The Hall–Kier alpha value is -2.43. The summed E-state index contributed by atoms with van der Waals surface area (Å²) in [6, 6.07) is 2.14. The highest BCUT2D eigenvalue weighted by Crippen LogP contribution is 2.27. The molecule has 0 bridgehead atoms. The van der Waals surface area contributed by atoms with Gasteiger partial charge in [0, 0.05) is 65.6 Å². The molecule has 1 unspecified atom stereocenters. The first kappa shape index (κ1) is 15.4. The zero-order chi connectivity index (χ0) is 28.8. The molecule has 32 heavy (non-hydrogen) atoms. The van der Waals surface area contributed by atoms with Crippen molar-refractivity contribution in [3.63, 3.8) is 0 Å². The lowest BCUT2D eigenvalue weighted by molar-refractivity contribution is 0.0709. The number of nitrogens with zero attached hydrogens (tertiary/aromatic N) is 4. The number of amides is 1. The van der Waals surface area contributed by atoms with Gasteiger partial charge in [-0.3, -0.25) is 4.79 Å². The molecule has 2 atom stereocenters. The summed E-state index contributed by atoms with van der Waals surface area (Å²) in [5.41, 5.74) is 0.558. The van der Waals surface area contributed by atoms with Crippen LogP contribution in [-0.2, 0) is 0 Å². The van der Waals surface area contributed by atoms with Gasteiger partial charge in [-0.15, -0.1) is 11.8 Å². The van der Waals surface area contributed by atoms with Crippen molar-refractivity contribution in [3.8, 4) is 0 Å². The van der Waals surface area contributed by atoms with E-state index in [1.807, 2.05) is 6.26 Å². The van der Waals surface area contributed by atoms with Gasteiger partial charge in [-0.2, -0.15) is 0 Å². The number of nitrogens with one attached hydrogen (secondary N) is 3. The third-order valence-electron chi connectivity index (χ3n) is 4.61. The summed E-state index contributed by atoms with van der Waals surface area (Å²) in [5, 5.41) is 9.14. The quantitative estimate of drug-likeness (QED) is 0.424. The average Bonchev–Trinajstić information content (AvgIpc) is 3.27. The summed E-state index contributed by atoms with van der Waals surface area (Å²) in [4.78, 5) is 27.7. The summed E-state index contributed by atoms with van der Waals surface area (Å²) in [6.07, 6.45) is 5.48. The van der Waals surface area contributed by atoms with Crippen molar-refractivity contribution in [1.82, 2.24) is 25.2 Å². The minimum Gasteiger partial charge on any atom is -0.361 e. The van der Waals surface area contributed by atoms with Gasteiger partial charge in [0.25, 0.3) is 5.91 Å². The van der Waals surface area contributed by atoms with Crippen LogP contribution < -0.4 is 16.0 Å². The van der Waals surface area contributed by atoms with E-state index in [-0.39, 0.29) is 16.4 Å². The zero-order valence-corrected chi connectivity index (χ0v) is 19.5. The standard InChI is InChI=1S/C22H29N7OS2/c1-14(9-24-21-25-11-17(31-3)12-26-21)10-27-22-28-18-5-4-16(8-19(18)32-22)20(30)29-7-6-23-15(2)13-29/h4-5,8,11-12,14-15,23H,6-7,9-10,13H2,1-3H3,(H,27,28)(H,24,25,26)/t14-,15?/m0/s1/i6D2,7D2,13D2,15D. The molecule has 1 aliphatic rings. The van der Waals surface area contributed by atoms with Gasteiger partial charge in [0.2, 0.25) is 5.95 Å². The van der Waals surface area contributed by atoms with E-state index in [1.165, 1.54) is 23.5 Å². The third-order valence-corrected chi connectivity index (χ3v) is 6.27. The highest BCUT2D eigenvalue weighted by atomic mass is 32.2. The number of thioether (sulfide) groups is 1. The van der Waals surface area contributed by atoms with Gasteiger partial charge in [-0.05, 0) is 37.3 Å². The SMILES string of the molecule is [2H]C1([2H])NC([2H])(C)C([2H])([2H])N(C(=O)c2ccc3nc(NC[C@@H](C)CNc4ncc(SC)cn4)sc3c2)C1([2H])[2H]. The molecule has 0 spiro atoms. The van der Waals surface area contributed by atoms with Crippen LogP contribution in [-0.4, -0.2) is 70.6 Å². The summed E-state index contributed by atoms with van der Waals surface area (Å²) < 4.78 is 58.1. The van der Waals surface area contributed by atoms with Crippen molar-refractivity contribution in [2.75, 3.05) is 49.5 Å². The first-order chi connectivity index (χ1) is 18.1. The van der Waals surface area contributed by atoms with Crippen molar-refractivity contribution in [2.24, 2.45) is 5.92 Å². The fourth-order valence-electron chi connectivity index (χ4n) is 2.88. The van der Waals surface area contributed by atoms with E-state index in [0.29, 0.717) is 34.4 Å². The fraction of sp³-hybridized carbons (Fsp3) is 0.455. The number of benzene rings is 1. The molecule has 0 saturated carbocycles. The van der Waals surface area contributed by atoms with E-state index in [9.17, 15) is 4.79 Å². The Morgan fingerprint density at radius 2 is 2.19 bits per heavy atom. The molecule has 1 aromatic carbocycles. The fourth-order valence-corrected chi connectivity index (χ4v) is 4.11. The first-order valence-electron chi connectivity index (χ1n) is 13.5. The summed E-state index contributed by atoms with van der Waals surface area (Å²) in [6.45, 7) is -4.46. The number of hydrogen-bond donors (Lipinski definition) is 3. The van der Waals surface area contributed by atoms with Crippen LogP contribution in [0.25, 0.3) is 10.2 Å². The second-order valence-corrected chi connectivity index (χ2v) is 9.16. The van der Waals surface area contributed by atoms with Crippen molar-refractivity contribution in [2.45, 2.75) is 24.8 Å². The third kappa shape index (κ3) is 5.67. The van der Waals surface area contributed by atoms with Crippen molar-refractivity contribution in [1.29, 1.82) is 0 Å². The molecule has 0 radical (unpaired) electrons. The Morgan fingerprint density at radius 1 is 1.41 bits per heavy atom. The monoisotopic (exact) mass is 478 g/mol. The predicted octanol–water partition coefficient (Wildman–Crippen LogP) is 3.40.